The number of methoxy groups -OCH3 is 1. The highest BCUT2D eigenvalue weighted by Gasteiger charge is 2.01. The van der Waals surface area contributed by atoms with E-state index < -0.39 is 0 Å². The van der Waals surface area contributed by atoms with Crippen molar-refractivity contribution in [1.29, 1.82) is 0 Å². The Bertz CT molecular complexity index is 683. The maximum absolute atomic E-state index is 11.9. The topological polar surface area (TPSA) is 41.6 Å². The van der Waals surface area contributed by atoms with Gasteiger partial charge >= 0.3 is 0 Å². The highest BCUT2D eigenvalue weighted by atomic mass is 16.5. The van der Waals surface area contributed by atoms with Crippen LogP contribution in [0.1, 0.15) is 17.5 Å². The lowest BCUT2D eigenvalue weighted by Gasteiger charge is -2.16. The van der Waals surface area contributed by atoms with Gasteiger partial charge in [0.05, 0.1) is 7.11 Å². The van der Waals surface area contributed by atoms with E-state index >= 15 is 0 Å². The Morgan fingerprint density at radius 3 is 2.72 bits per heavy atom. The quantitative estimate of drug-likeness (QED) is 0.563. The van der Waals surface area contributed by atoms with Gasteiger partial charge in [0.2, 0.25) is 5.91 Å². The smallest absolute Gasteiger partial charge is 0.243 e. The molecule has 2 aromatic rings. The van der Waals surface area contributed by atoms with Gasteiger partial charge in [-0.3, -0.25) is 4.79 Å². The minimum absolute atomic E-state index is 0.0754. The van der Waals surface area contributed by atoms with E-state index in [1.165, 1.54) is 5.56 Å². The zero-order valence-corrected chi connectivity index (χ0v) is 14.9. The van der Waals surface area contributed by atoms with Gasteiger partial charge in [-0.25, -0.2) is 0 Å². The lowest BCUT2D eigenvalue weighted by atomic mass is 10.2. The second-order valence-electron chi connectivity index (χ2n) is 5.98. The van der Waals surface area contributed by atoms with Crippen LogP contribution < -0.4 is 10.1 Å². The van der Waals surface area contributed by atoms with E-state index in [9.17, 15) is 4.79 Å². The van der Waals surface area contributed by atoms with Crippen LogP contribution in [0.3, 0.4) is 0 Å². The van der Waals surface area contributed by atoms with Crippen LogP contribution >= 0.6 is 0 Å². The van der Waals surface area contributed by atoms with Crippen molar-refractivity contribution >= 4 is 12.0 Å². The van der Waals surface area contributed by atoms with Gasteiger partial charge in [-0.2, -0.15) is 0 Å². The first-order valence-corrected chi connectivity index (χ1v) is 8.50. The van der Waals surface area contributed by atoms with E-state index in [2.05, 4.69) is 41.5 Å². The molecular weight excluding hydrogens is 312 g/mol. The van der Waals surface area contributed by atoms with Crippen LogP contribution in [-0.4, -0.2) is 38.1 Å². The lowest BCUT2D eigenvalue weighted by Crippen LogP contribution is -2.26. The number of nitrogens with zero attached hydrogens (tertiary/aromatic N) is 1. The summed E-state index contributed by atoms with van der Waals surface area (Å²) in [5.41, 5.74) is 2.24. The molecule has 0 heterocycles. The number of hydrogen-bond donors (Lipinski definition) is 1. The van der Waals surface area contributed by atoms with E-state index in [1.54, 1.807) is 19.3 Å². The van der Waals surface area contributed by atoms with E-state index in [0.29, 0.717) is 6.54 Å². The van der Waals surface area contributed by atoms with Crippen molar-refractivity contribution in [1.82, 2.24) is 10.2 Å². The number of amides is 1. The molecule has 0 fully saturated rings. The minimum atomic E-state index is -0.0754. The predicted molar refractivity (Wildman–Crippen MR) is 102 cm³/mol. The van der Waals surface area contributed by atoms with Crippen molar-refractivity contribution in [2.24, 2.45) is 0 Å². The molecule has 1 N–H and O–H groups in total. The third-order valence-corrected chi connectivity index (χ3v) is 3.83. The number of hydrogen-bond acceptors (Lipinski definition) is 3. The van der Waals surface area contributed by atoms with Crippen molar-refractivity contribution in [3.8, 4) is 5.75 Å². The van der Waals surface area contributed by atoms with Crippen LogP contribution in [0.25, 0.3) is 6.08 Å². The summed E-state index contributed by atoms with van der Waals surface area (Å²) in [5, 5.41) is 2.92. The number of benzene rings is 2. The second kappa shape index (κ2) is 10.3. The van der Waals surface area contributed by atoms with E-state index in [0.717, 1.165) is 30.8 Å². The molecule has 0 bridgehead atoms. The molecule has 0 atom stereocenters. The summed E-state index contributed by atoms with van der Waals surface area (Å²) in [6.45, 7) is 2.53. The molecule has 0 radical (unpaired) electrons. The molecular formula is C21H26N2O2. The highest BCUT2D eigenvalue weighted by Crippen LogP contribution is 2.13. The fourth-order valence-corrected chi connectivity index (χ4v) is 2.51. The van der Waals surface area contributed by atoms with E-state index in [-0.39, 0.29) is 5.91 Å². The Kier molecular flexibility index (Phi) is 7.73. The third kappa shape index (κ3) is 7.23. The first kappa shape index (κ1) is 18.7. The zero-order chi connectivity index (χ0) is 17.9. The Hall–Kier alpha value is -2.59. The molecule has 4 heteroatoms. The fraction of sp³-hybridized carbons (Fsp3) is 0.286. The Morgan fingerprint density at radius 1 is 1.16 bits per heavy atom. The van der Waals surface area contributed by atoms with Crippen LogP contribution in [-0.2, 0) is 11.3 Å². The van der Waals surface area contributed by atoms with Crippen LogP contribution in [0.4, 0.5) is 0 Å². The molecule has 0 saturated carbocycles. The molecule has 132 valence electrons. The second-order valence-corrected chi connectivity index (χ2v) is 5.98. The number of rotatable bonds is 9. The molecule has 2 aromatic carbocycles. The Morgan fingerprint density at radius 2 is 1.96 bits per heavy atom. The van der Waals surface area contributed by atoms with E-state index in [4.69, 9.17) is 4.74 Å². The standard InChI is InChI=1S/C21H26N2O2/c1-23(17-19-8-4-3-5-9-19)15-7-14-22-21(24)13-12-18-10-6-11-20(16-18)25-2/h3-6,8-13,16H,7,14-15,17H2,1-2H3,(H,22,24)/b13-12+. The summed E-state index contributed by atoms with van der Waals surface area (Å²) >= 11 is 0. The maximum atomic E-state index is 11.9. The van der Waals surface area contributed by atoms with Crippen molar-refractivity contribution in [3.05, 3.63) is 71.8 Å². The fourth-order valence-electron chi connectivity index (χ4n) is 2.51. The SMILES string of the molecule is COc1cccc(/C=C/C(=O)NCCCN(C)Cc2ccccc2)c1. The molecule has 0 saturated heterocycles. The van der Waals surface area contributed by atoms with Crippen LogP contribution in [0.5, 0.6) is 5.75 Å². The third-order valence-electron chi connectivity index (χ3n) is 3.83. The van der Waals surface area contributed by atoms with Gasteiger partial charge in [0, 0.05) is 19.2 Å². The average molecular weight is 338 g/mol. The van der Waals surface area contributed by atoms with Crippen molar-refractivity contribution in [2.75, 3.05) is 27.2 Å². The molecule has 0 aromatic heterocycles. The van der Waals surface area contributed by atoms with Gasteiger partial charge in [-0.05, 0) is 49.3 Å². The van der Waals surface area contributed by atoms with Crippen molar-refractivity contribution in [2.45, 2.75) is 13.0 Å². The van der Waals surface area contributed by atoms with Crippen LogP contribution in [0.15, 0.2) is 60.7 Å². The molecule has 2 rings (SSSR count). The molecule has 0 aliphatic heterocycles. The molecule has 25 heavy (non-hydrogen) atoms. The van der Waals surface area contributed by atoms with Gasteiger partial charge in [-0.1, -0.05) is 42.5 Å². The number of carbonyl (C=O) groups excluding carboxylic acids is 1. The monoisotopic (exact) mass is 338 g/mol. The first-order chi connectivity index (χ1) is 12.2. The molecule has 1 amide bonds. The van der Waals surface area contributed by atoms with E-state index in [1.807, 2.05) is 30.3 Å². The summed E-state index contributed by atoms with van der Waals surface area (Å²) in [4.78, 5) is 14.1. The average Bonchev–Trinajstić information content (AvgIpc) is 2.64. The van der Waals surface area contributed by atoms with Gasteiger partial charge in [0.1, 0.15) is 5.75 Å². The predicted octanol–water partition coefficient (Wildman–Crippen LogP) is 3.35. The van der Waals surface area contributed by atoms with Gasteiger partial charge in [0.15, 0.2) is 0 Å². The zero-order valence-electron chi connectivity index (χ0n) is 14.9. The van der Waals surface area contributed by atoms with Gasteiger partial charge in [0.25, 0.3) is 0 Å². The Balaban J connectivity index is 1.65. The largest absolute Gasteiger partial charge is 0.497 e. The first-order valence-electron chi connectivity index (χ1n) is 8.50. The van der Waals surface area contributed by atoms with Crippen LogP contribution in [0, 0.1) is 0 Å². The number of nitrogens with one attached hydrogen (secondary N) is 1. The molecule has 0 aliphatic carbocycles. The summed E-state index contributed by atoms with van der Waals surface area (Å²) in [6, 6.07) is 18.0. The van der Waals surface area contributed by atoms with Gasteiger partial charge < -0.3 is 15.0 Å². The van der Waals surface area contributed by atoms with Crippen molar-refractivity contribution < 1.29 is 9.53 Å². The van der Waals surface area contributed by atoms with Crippen LogP contribution in [0.2, 0.25) is 0 Å². The maximum Gasteiger partial charge on any atom is 0.243 e. The molecule has 4 nitrogen and oxygen atoms in total. The Labute approximate surface area is 150 Å². The molecule has 0 aliphatic rings. The minimum Gasteiger partial charge on any atom is -0.497 e. The normalized spacial score (nSPS) is 11.0. The highest BCUT2D eigenvalue weighted by molar-refractivity contribution is 5.91. The summed E-state index contributed by atoms with van der Waals surface area (Å²) < 4.78 is 5.17. The number of ether oxygens (including phenoxy) is 1. The molecule has 0 spiro atoms. The number of carbonyl (C=O) groups is 1. The van der Waals surface area contributed by atoms with Crippen molar-refractivity contribution in [3.63, 3.8) is 0 Å². The lowest BCUT2D eigenvalue weighted by molar-refractivity contribution is -0.116. The summed E-state index contributed by atoms with van der Waals surface area (Å²) in [6.07, 6.45) is 4.27. The summed E-state index contributed by atoms with van der Waals surface area (Å²) in [7, 11) is 3.72. The molecule has 0 unspecified atom stereocenters. The summed E-state index contributed by atoms with van der Waals surface area (Å²) in [5.74, 6) is 0.706. The van der Waals surface area contributed by atoms with Gasteiger partial charge in [-0.15, -0.1) is 0 Å².